The highest BCUT2D eigenvalue weighted by Gasteiger charge is 2.16. The molecule has 1 aromatic carbocycles. The molecule has 0 amide bonds. The Morgan fingerprint density at radius 3 is 2.65 bits per heavy atom. The zero-order chi connectivity index (χ0) is 12.1. The molecule has 1 heterocycles. The number of aromatic nitrogens is 2. The Morgan fingerprint density at radius 1 is 1.24 bits per heavy atom. The molecule has 0 fully saturated rings. The minimum atomic E-state index is -0.146. The molecule has 0 aliphatic carbocycles. The van der Waals surface area contributed by atoms with E-state index in [0.29, 0.717) is 0 Å². The van der Waals surface area contributed by atoms with Crippen LogP contribution in [0.1, 0.15) is 17.3 Å². The van der Waals surface area contributed by atoms with Crippen LogP contribution in [0.2, 0.25) is 0 Å². The van der Waals surface area contributed by atoms with Crippen LogP contribution in [0.4, 0.5) is 0 Å². The smallest absolute Gasteiger partial charge is 0.175 e. The predicted octanol–water partition coefficient (Wildman–Crippen LogP) is 2.84. The highest BCUT2D eigenvalue weighted by atomic mass is 32.2. The Morgan fingerprint density at radius 2 is 2.00 bits per heavy atom. The van der Waals surface area contributed by atoms with Crippen molar-refractivity contribution in [2.75, 3.05) is 0 Å². The Bertz CT molecular complexity index is 487. The molecule has 0 N–H and O–H groups in total. The van der Waals surface area contributed by atoms with Gasteiger partial charge in [-0.15, -0.1) is 0 Å². The molecular formula is C13H12N2OS. The van der Waals surface area contributed by atoms with Crippen molar-refractivity contribution in [3.63, 3.8) is 0 Å². The number of hydrogen-bond donors (Lipinski definition) is 0. The van der Waals surface area contributed by atoms with Gasteiger partial charge in [-0.25, -0.2) is 9.97 Å². The first kappa shape index (κ1) is 11.8. The Balaban J connectivity index is 2.06. The van der Waals surface area contributed by atoms with Crippen molar-refractivity contribution in [2.45, 2.75) is 17.2 Å². The molecule has 17 heavy (non-hydrogen) atoms. The first-order valence-electron chi connectivity index (χ1n) is 5.29. The molecule has 2 rings (SSSR count). The largest absolute Gasteiger partial charge is 0.293 e. The molecule has 1 aromatic heterocycles. The van der Waals surface area contributed by atoms with Crippen LogP contribution in [0.3, 0.4) is 0 Å². The molecule has 0 spiro atoms. The van der Waals surface area contributed by atoms with Gasteiger partial charge in [0.2, 0.25) is 0 Å². The van der Waals surface area contributed by atoms with Crippen molar-refractivity contribution < 1.29 is 4.79 Å². The maximum absolute atomic E-state index is 12.1. The number of carbonyl (C=O) groups is 1. The van der Waals surface area contributed by atoms with E-state index in [1.54, 1.807) is 12.3 Å². The average Bonchev–Trinajstić information content (AvgIpc) is 2.40. The molecule has 4 heteroatoms. The van der Waals surface area contributed by atoms with Crippen LogP contribution in [-0.4, -0.2) is 21.0 Å². The second kappa shape index (κ2) is 5.59. The summed E-state index contributed by atoms with van der Waals surface area (Å²) < 4.78 is 0. The van der Waals surface area contributed by atoms with Crippen molar-refractivity contribution in [3.05, 3.63) is 54.5 Å². The van der Waals surface area contributed by atoms with Gasteiger partial charge in [-0.3, -0.25) is 4.79 Å². The van der Waals surface area contributed by atoms with Crippen molar-refractivity contribution in [1.29, 1.82) is 0 Å². The second-order valence-electron chi connectivity index (χ2n) is 3.54. The number of carbonyl (C=O) groups excluding carboxylic acids is 1. The number of rotatable bonds is 4. The van der Waals surface area contributed by atoms with Crippen LogP contribution in [0.15, 0.2) is 53.9 Å². The van der Waals surface area contributed by atoms with E-state index in [1.807, 2.05) is 37.3 Å². The molecule has 0 radical (unpaired) electrons. The first-order chi connectivity index (χ1) is 8.27. The van der Waals surface area contributed by atoms with Gasteiger partial charge in [0.15, 0.2) is 5.78 Å². The van der Waals surface area contributed by atoms with E-state index in [0.717, 1.165) is 10.6 Å². The minimum absolute atomic E-state index is 0.120. The molecular weight excluding hydrogens is 232 g/mol. The standard InChI is InChI=1S/C13H12N2OS/c1-10(17-12-7-8-14-9-15-12)13(16)11-5-3-2-4-6-11/h2-10H,1H3. The summed E-state index contributed by atoms with van der Waals surface area (Å²) in [6.45, 7) is 1.89. The SMILES string of the molecule is CC(Sc1ccncn1)C(=O)c1ccccc1. The van der Waals surface area contributed by atoms with Crippen molar-refractivity contribution in [1.82, 2.24) is 9.97 Å². The van der Waals surface area contributed by atoms with E-state index < -0.39 is 0 Å². The minimum Gasteiger partial charge on any atom is -0.293 e. The molecule has 3 nitrogen and oxygen atoms in total. The van der Waals surface area contributed by atoms with Crippen molar-refractivity contribution >= 4 is 17.5 Å². The van der Waals surface area contributed by atoms with Gasteiger partial charge in [0.05, 0.1) is 5.25 Å². The molecule has 0 aliphatic rings. The summed E-state index contributed by atoms with van der Waals surface area (Å²) in [6, 6.07) is 11.1. The summed E-state index contributed by atoms with van der Waals surface area (Å²) in [7, 11) is 0. The Hall–Kier alpha value is -1.68. The predicted molar refractivity (Wildman–Crippen MR) is 68.1 cm³/mol. The fraction of sp³-hybridized carbons (Fsp3) is 0.154. The highest BCUT2D eigenvalue weighted by molar-refractivity contribution is 8.00. The van der Waals surface area contributed by atoms with Gasteiger partial charge in [0.1, 0.15) is 11.4 Å². The van der Waals surface area contributed by atoms with E-state index in [2.05, 4.69) is 9.97 Å². The monoisotopic (exact) mass is 244 g/mol. The lowest BCUT2D eigenvalue weighted by molar-refractivity contribution is 0.0994. The molecule has 1 unspecified atom stereocenters. The molecule has 0 aliphatic heterocycles. The third-order valence-corrected chi connectivity index (χ3v) is 3.33. The summed E-state index contributed by atoms with van der Waals surface area (Å²) in [6.07, 6.45) is 3.16. The van der Waals surface area contributed by atoms with Gasteiger partial charge < -0.3 is 0 Å². The van der Waals surface area contributed by atoms with E-state index in [1.165, 1.54) is 18.1 Å². The normalized spacial score (nSPS) is 12.1. The average molecular weight is 244 g/mol. The molecule has 1 atom stereocenters. The number of hydrogen-bond acceptors (Lipinski definition) is 4. The molecule has 86 valence electrons. The quantitative estimate of drug-likeness (QED) is 0.471. The van der Waals surface area contributed by atoms with E-state index in [9.17, 15) is 4.79 Å². The van der Waals surface area contributed by atoms with Gasteiger partial charge >= 0.3 is 0 Å². The lowest BCUT2D eigenvalue weighted by Crippen LogP contribution is -2.13. The summed E-state index contributed by atoms with van der Waals surface area (Å²) in [5.41, 5.74) is 0.738. The fourth-order valence-electron chi connectivity index (χ4n) is 1.42. The number of benzene rings is 1. The van der Waals surface area contributed by atoms with Gasteiger partial charge in [-0.1, -0.05) is 42.1 Å². The highest BCUT2D eigenvalue weighted by Crippen LogP contribution is 2.22. The second-order valence-corrected chi connectivity index (χ2v) is 4.90. The van der Waals surface area contributed by atoms with Crippen LogP contribution in [0.5, 0.6) is 0 Å². The van der Waals surface area contributed by atoms with Gasteiger partial charge in [-0.2, -0.15) is 0 Å². The van der Waals surface area contributed by atoms with Crippen LogP contribution < -0.4 is 0 Å². The van der Waals surface area contributed by atoms with Crippen molar-refractivity contribution in [2.24, 2.45) is 0 Å². The Labute approximate surface area is 104 Å². The third kappa shape index (κ3) is 3.14. The van der Waals surface area contributed by atoms with Gasteiger partial charge in [0.25, 0.3) is 0 Å². The van der Waals surface area contributed by atoms with E-state index in [-0.39, 0.29) is 11.0 Å². The van der Waals surface area contributed by atoms with Crippen LogP contribution in [0, 0.1) is 0 Å². The molecule has 0 bridgehead atoms. The zero-order valence-corrected chi connectivity index (χ0v) is 10.2. The first-order valence-corrected chi connectivity index (χ1v) is 6.17. The maximum Gasteiger partial charge on any atom is 0.175 e. The molecule has 0 saturated heterocycles. The zero-order valence-electron chi connectivity index (χ0n) is 9.41. The third-order valence-electron chi connectivity index (χ3n) is 2.28. The van der Waals surface area contributed by atoms with Crippen LogP contribution in [-0.2, 0) is 0 Å². The maximum atomic E-state index is 12.1. The fourth-order valence-corrected chi connectivity index (χ4v) is 2.27. The summed E-state index contributed by atoms with van der Waals surface area (Å²) in [4.78, 5) is 20.0. The summed E-state index contributed by atoms with van der Waals surface area (Å²) in [5, 5.41) is 0.670. The molecule has 2 aromatic rings. The van der Waals surface area contributed by atoms with E-state index >= 15 is 0 Å². The van der Waals surface area contributed by atoms with Crippen LogP contribution >= 0.6 is 11.8 Å². The number of Topliss-reactive ketones (excluding diaryl/α,β-unsaturated/α-hetero) is 1. The van der Waals surface area contributed by atoms with Gasteiger partial charge in [0, 0.05) is 11.8 Å². The Kier molecular flexibility index (Phi) is 3.88. The lowest BCUT2D eigenvalue weighted by atomic mass is 10.1. The number of ketones is 1. The van der Waals surface area contributed by atoms with Gasteiger partial charge in [-0.05, 0) is 13.0 Å². The summed E-state index contributed by atoms with van der Waals surface area (Å²) in [5.74, 6) is 0.120. The number of thioether (sulfide) groups is 1. The van der Waals surface area contributed by atoms with Crippen LogP contribution in [0.25, 0.3) is 0 Å². The number of nitrogens with zero attached hydrogens (tertiary/aromatic N) is 2. The topological polar surface area (TPSA) is 42.9 Å². The summed E-state index contributed by atoms with van der Waals surface area (Å²) >= 11 is 1.45. The van der Waals surface area contributed by atoms with Crippen molar-refractivity contribution in [3.8, 4) is 0 Å². The molecule has 0 saturated carbocycles. The lowest BCUT2D eigenvalue weighted by Gasteiger charge is -2.09. The van der Waals surface area contributed by atoms with E-state index in [4.69, 9.17) is 0 Å².